The lowest BCUT2D eigenvalue weighted by Gasteiger charge is -2.34. The van der Waals surface area contributed by atoms with Crippen molar-refractivity contribution >= 4 is 16.2 Å². The fourth-order valence-electron chi connectivity index (χ4n) is 2.72. The topological polar surface area (TPSA) is 72.9 Å². The van der Waals surface area contributed by atoms with Gasteiger partial charge in [0, 0.05) is 19.0 Å². The first-order valence-corrected chi connectivity index (χ1v) is 9.50. The highest BCUT2D eigenvalue weighted by Gasteiger charge is 2.30. The molecule has 2 unspecified atom stereocenters. The number of benzene rings is 1. The summed E-state index contributed by atoms with van der Waals surface area (Å²) in [6.45, 7) is 3.03. The van der Waals surface area contributed by atoms with E-state index in [1.165, 1.54) is 0 Å². The molecule has 0 aliphatic carbocycles. The monoisotopic (exact) mass is 341 g/mol. The van der Waals surface area contributed by atoms with Crippen molar-refractivity contribution in [1.29, 1.82) is 0 Å². The molecule has 1 aliphatic rings. The van der Waals surface area contributed by atoms with Crippen molar-refractivity contribution in [2.75, 3.05) is 19.3 Å². The van der Waals surface area contributed by atoms with Crippen LogP contribution in [0.25, 0.3) is 0 Å². The summed E-state index contributed by atoms with van der Waals surface area (Å²) in [5.41, 5.74) is 0.934. The Morgan fingerprint density at radius 1 is 1.35 bits per heavy atom. The van der Waals surface area contributed by atoms with Crippen molar-refractivity contribution in [2.45, 2.75) is 32.5 Å². The Bertz CT molecular complexity index is 617. The molecule has 2 rings (SSSR count). The van der Waals surface area contributed by atoms with Crippen LogP contribution in [0, 0.1) is 5.92 Å². The van der Waals surface area contributed by atoms with Gasteiger partial charge in [0.15, 0.2) is 0 Å². The maximum absolute atomic E-state index is 12.2. The third kappa shape index (κ3) is 5.84. The zero-order valence-electron chi connectivity index (χ0n) is 13.5. The number of amides is 1. The van der Waals surface area contributed by atoms with E-state index in [0.29, 0.717) is 13.1 Å². The third-order valence-corrected chi connectivity index (χ3v) is 4.56. The molecule has 23 heavy (non-hydrogen) atoms. The van der Waals surface area contributed by atoms with E-state index in [0.717, 1.165) is 24.7 Å². The summed E-state index contributed by atoms with van der Waals surface area (Å²) in [5, 5.41) is 0. The van der Waals surface area contributed by atoms with Gasteiger partial charge in [-0.3, -0.25) is 4.18 Å². The number of hydrogen-bond acceptors (Lipinski definition) is 5. The van der Waals surface area contributed by atoms with Crippen LogP contribution in [-0.2, 0) is 25.6 Å². The van der Waals surface area contributed by atoms with E-state index < -0.39 is 16.2 Å². The Hall–Kier alpha value is -1.60. The zero-order chi connectivity index (χ0) is 16.9. The van der Waals surface area contributed by atoms with Gasteiger partial charge in [0.1, 0.15) is 6.61 Å². The molecule has 128 valence electrons. The number of rotatable bonds is 5. The SMILES string of the molecule is CC(OS(C)(=O)=O)C1CCCN(C(=O)OCc2ccccc2)C1. The Morgan fingerprint density at radius 2 is 2.04 bits per heavy atom. The van der Waals surface area contributed by atoms with E-state index in [2.05, 4.69) is 0 Å². The summed E-state index contributed by atoms with van der Waals surface area (Å²) < 4.78 is 32.8. The maximum Gasteiger partial charge on any atom is 0.410 e. The average molecular weight is 341 g/mol. The summed E-state index contributed by atoms with van der Waals surface area (Å²) in [4.78, 5) is 13.8. The number of carbonyl (C=O) groups excluding carboxylic acids is 1. The van der Waals surface area contributed by atoms with E-state index >= 15 is 0 Å². The van der Waals surface area contributed by atoms with Crippen molar-refractivity contribution in [2.24, 2.45) is 5.92 Å². The van der Waals surface area contributed by atoms with Gasteiger partial charge in [-0.05, 0) is 25.3 Å². The Balaban J connectivity index is 1.86. The van der Waals surface area contributed by atoms with Crippen LogP contribution in [0.4, 0.5) is 4.79 Å². The third-order valence-electron chi connectivity index (χ3n) is 3.91. The molecule has 1 aromatic rings. The van der Waals surface area contributed by atoms with Crippen LogP contribution in [0.1, 0.15) is 25.3 Å². The second-order valence-electron chi connectivity index (χ2n) is 5.89. The predicted molar refractivity (Wildman–Crippen MR) is 86.3 cm³/mol. The van der Waals surface area contributed by atoms with Gasteiger partial charge in [0.2, 0.25) is 0 Å². The van der Waals surface area contributed by atoms with Crippen molar-refractivity contribution < 1.29 is 22.1 Å². The lowest BCUT2D eigenvalue weighted by molar-refractivity contribution is 0.0551. The molecule has 0 radical (unpaired) electrons. The first kappa shape index (κ1) is 17.7. The van der Waals surface area contributed by atoms with Gasteiger partial charge in [-0.1, -0.05) is 30.3 Å². The highest BCUT2D eigenvalue weighted by molar-refractivity contribution is 7.86. The van der Waals surface area contributed by atoms with Crippen LogP contribution in [-0.4, -0.2) is 44.9 Å². The van der Waals surface area contributed by atoms with E-state index in [1.807, 2.05) is 30.3 Å². The van der Waals surface area contributed by atoms with E-state index in [-0.39, 0.29) is 18.6 Å². The van der Waals surface area contributed by atoms with Gasteiger partial charge in [0.05, 0.1) is 12.4 Å². The first-order chi connectivity index (χ1) is 10.8. The second-order valence-corrected chi connectivity index (χ2v) is 7.49. The van der Waals surface area contributed by atoms with Crippen LogP contribution in [0.2, 0.25) is 0 Å². The number of nitrogens with zero attached hydrogens (tertiary/aromatic N) is 1. The minimum atomic E-state index is -3.49. The molecule has 0 saturated carbocycles. The Labute approximate surface area is 137 Å². The van der Waals surface area contributed by atoms with E-state index in [9.17, 15) is 13.2 Å². The molecule has 1 aliphatic heterocycles. The lowest BCUT2D eigenvalue weighted by Crippen LogP contribution is -2.44. The van der Waals surface area contributed by atoms with E-state index in [4.69, 9.17) is 8.92 Å². The van der Waals surface area contributed by atoms with Crippen molar-refractivity contribution in [3.63, 3.8) is 0 Å². The molecular weight excluding hydrogens is 318 g/mol. The molecule has 0 aromatic heterocycles. The molecule has 2 atom stereocenters. The summed E-state index contributed by atoms with van der Waals surface area (Å²) >= 11 is 0. The van der Waals surface area contributed by atoms with Gasteiger partial charge in [-0.2, -0.15) is 8.42 Å². The van der Waals surface area contributed by atoms with Crippen LogP contribution in [0.3, 0.4) is 0 Å². The number of ether oxygens (including phenoxy) is 1. The predicted octanol–water partition coefficient (Wildman–Crippen LogP) is 2.40. The number of likely N-dealkylation sites (tertiary alicyclic amines) is 1. The average Bonchev–Trinajstić information content (AvgIpc) is 2.52. The Kier molecular flexibility index (Phi) is 6.01. The van der Waals surface area contributed by atoms with Crippen LogP contribution >= 0.6 is 0 Å². The molecular formula is C16H23NO5S. The molecule has 1 fully saturated rings. The molecule has 6 nitrogen and oxygen atoms in total. The minimum Gasteiger partial charge on any atom is -0.445 e. The molecule has 0 N–H and O–H groups in total. The van der Waals surface area contributed by atoms with Gasteiger partial charge in [-0.15, -0.1) is 0 Å². The van der Waals surface area contributed by atoms with Crippen molar-refractivity contribution in [3.05, 3.63) is 35.9 Å². The van der Waals surface area contributed by atoms with Gasteiger partial charge in [0.25, 0.3) is 10.1 Å². The van der Waals surface area contributed by atoms with Crippen molar-refractivity contribution in [1.82, 2.24) is 4.90 Å². The summed E-state index contributed by atoms with van der Waals surface area (Å²) in [7, 11) is -3.49. The van der Waals surface area contributed by atoms with E-state index in [1.54, 1.807) is 11.8 Å². The summed E-state index contributed by atoms with van der Waals surface area (Å²) in [5.74, 6) is -0.0113. The zero-order valence-corrected chi connectivity index (χ0v) is 14.3. The van der Waals surface area contributed by atoms with Crippen LogP contribution in [0.5, 0.6) is 0 Å². The fourth-order valence-corrected chi connectivity index (χ4v) is 3.43. The highest BCUT2D eigenvalue weighted by Crippen LogP contribution is 2.23. The minimum absolute atomic E-state index is 0.0113. The number of carbonyl (C=O) groups is 1. The highest BCUT2D eigenvalue weighted by atomic mass is 32.2. The number of hydrogen-bond donors (Lipinski definition) is 0. The smallest absolute Gasteiger partial charge is 0.410 e. The fraction of sp³-hybridized carbons (Fsp3) is 0.562. The summed E-state index contributed by atoms with van der Waals surface area (Å²) in [6.07, 6.45) is 1.86. The molecule has 1 heterocycles. The summed E-state index contributed by atoms with van der Waals surface area (Å²) in [6, 6.07) is 9.49. The Morgan fingerprint density at radius 3 is 2.70 bits per heavy atom. The largest absolute Gasteiger partial charge is 0.445 e. The lowest BCUT2D eigenvalue weighted by atomic mass is 9.94. The molecule has 1 aromatic carbocycles. The second kappa shape index (κ2) is 7.79. The molecule has 0 spiro atoms. The standard InChI is InChI=1S/C16H23NO5S/c1-13(22-23(2,19)20)15-9-6-10-17(11-15)16(18)21-12-14-7-4-3-5-8-14/h3-5,7-8,13,15H,6,9-12H2,1-2H3. The molecule has 0 bridgehead atoms. The molecule has 1 saturated heterocycles. The molecule has 1 amide bonds. The molecule has 7 heteroatoms. The van der Waals surface area contributed by atoms with Gasteiger partial charge in [-0.25, -0.2) is 4.79 Å². The first-order valence-electron chi connectivity index (χ1n) is 7.69. The normalized spacial score (nSPS) is 20.1. The quantitative estimate of drug-likeness (QED) is 0.769. The van der Waals surface area contributed by atoms with Crippen molar-refractivity contribution in [3.8, 4) is 0 Å². The van der Waals surface area contributed by atoms with Crippen LogP contribution < -0.4 is 0 Å². The van der Waals surface area contributed by atoms with Gasteiger partial charge < -0.3 is 9.64 Å². The number of piperidine rings is 1. The van der Waals surface area contributed by atoms with Crippen LogP contribution in [0.15, 0.2) is 30.3 Å². The maximum atomic E-state index is 12.2. The van der Waals surface area contributed by atoms with Gasteiger partial charge >= 0.3 is 6.09 Å².